The van der Waals surface area contributed by atoms with Gasteiger partial charge in [-0.1, -0.05) is 12.1 Å². The third-order valence-corrected chi connectivity index (χ3v) is 3.04. The summed E-state index contributed by atoms with van der Waals surface area (Å²) in [5.74, 6) is -0.658. The second-order valence-electron chi connectivity index (χ2n) is 5.01. The van der Waals surface area contributed by atoms with Crippen LogP contribution in [-0.2, 0) is 0 Å². The number of nitrogens with zero attached hydrogens (tertiary/aromatic N) is 3. The van der Waals surface area contributed by atoms with Crippen LogP contribution >= 0.6 is 0 Å². The van der Waals surface area contributed by atoms with Crippen LogP contribution in [0.3, 0.4) is 0 Å². The van der Waals surface area contributed by atoms with Gasteiger partial charge in [0.15, 0.2) is 11.5 Å². The highest BCUT2D eigenvalue weighted by atomic mass is 16.6. The molecule has 1 N–H and O–H groups in total. The van der Waals surface area contributed by atoms with Gasteiger partial charge in [0.1, 0.15) is 0 Å². The summed E-state index contributed by atoms with van der Waals surface area (Å²) in [5, 5.41) is 24.2. The lowest BCUT2D eigenvalue weighted by Gasteiger charge is -2.02. The molecular formula is C15H15N3O4. The first-order valence-electron chi connectivity index (χ1n) is 6.62. The van der Waals surface area contributed by atoms with Crippen molar-refractivity contribution >= 4 is 17.5 Å². The molecule has 0 fully saturated rings. The van der Waals surface area contributed by atoms with Crippen molar-refractivity contribution in [2.75, 3.05) is 0 Å². The molecule has 0 aliphatic heterocycles. The van der Waals surface area contributed by atoms with E-state index in [4.69, 9.17) is 0 Å². The fourth-order valence-corrected chi connectivity index (χ4v) is 1.81. The van der Waals surface area contributed by atoms with E-state index >= 15 is 0 Å². The molecule has 0 saturated carbocycles. The van der Waals surface area contributed by atoms with Crippen molar-refractivity contribution in [2.45, 2.75) is 19.9 Å². The summed E-state index contributed by atoms with van der Waals surface area (Å²) in [7, 11) is 0. The molecule has 1 heterocycles. The molecule has 2 aromatic rings. The van der Waals surface area contributed by atoms with Gasteiger partial charge in [-0.25, -0.2) is 0 Å². The highest BCUT2D eigenvalue weighted by Gasteiger charge is 2.13. The number of aromatic hydroxyl groups is 1. The number of aromatic nitrogens is 2. The van der Waals surface area contributed by atoms with Gasteiger partial charge in [-0.3, -0.25) is 19.6 Å². The Balaban J connectivity index is 2.18. The third-order valence-electron chi connectivity index (χ3n) is 3.04. The van der Waals surface area contributed by atoms with Gasteiger partial charge < -0.3 is 5.11 Å². The van der Waals surface area contributed by atoms with E-state index in [9.17, 15) is 20.0 Å². The fourth-order valence-electron chi connectivity index (χ4n) is 1.81. The number of benzene rings is 1. The second kappa shape index (κ2) is 6.21. The molecule has 7 heteroatoms. The zero-order valence-corrected chi connectivity index (χ0v) is 12.1. The number of phenols is 1. The lowest BCUT2D eigenvalue weighted by Crippen LogP contribution is -2.00. The quantitative estimate of drug-likeness (QED) is 0.396. The first-order chi connectivity index (χ1) is 10.4. The molecular weight excluding hydrogens is 286 g/mol. The Kier molecular flexibility index (Phi) is 4.36. The number of nitro groups is 1. The number of ketones is 1. The Labute approximate surface area is 126 Å². The number of rotatable bonds is 5. The summed E-state index contributed by atoms with van der Waals surface area (Å²) in [6.07, 6.45) is 5.90. The van der Waals surface area contributed by atoms with Gasteiger partial charge in [-0.2, -0.15) is 5.10 Å². The van der Waals surface area contributed by atoms with E-state index in [1.165, 1.54) is 36.5 Å². The zero-order valence-electron chi connectivity index (χ0n) is 12.1. The molecule has 7 nitrogen and oxygen atoms in total. The van der Waals surface area contributed by atoms with Gasteiger partial charge >= 0.3 is 5.69 Å². The monoisotopic (exact) mass is 301 g/mol. The molecule has 114 valence electrons. The first kappa shape index (κ1) is 15.4. The molecule has 0 radical (unpaired) electrons. The Morgan fingerprint density at radius 1 is 1.45 bits per heavy atom. The molecule has 0 bridgehead atoms. The van der Waals surface area contributed by atoms with Crippen LogP contribution in [0.5, 0.6) is 5.75 Å². The number of hydrogen-bond acceptors (Lipinski definition) is 5. The highest BCUT2D eigenvalue weighted by Crippen LogP contribution is 2.26. The van der Waals surface area contributed by atoms with Crippen LogP contribution in [0, 0.1) is 10.1 Å². The van der Waals surface area contributed by atoms with Crippen LogP contribution in [-0.4, -0.2) is 25.6 Å². The summed E-state index contributed by atoms with van der Waals surface area (Å²) < 4.78 is 1.67. The van der Waals surface area contributed by atoms with Crippen LogP contribution in [0.15, 0.2) is 36.7 Å². The van der Waals surface area contributed by atoms with Crippen LogP contribution in [0.1, 0.15) is 35.8 Å². The van der Waals surface area contributed by atoms with E-state index in [0.29, 0.717) is 11.1 Å². The minimum absolute atomic E-state index is 0.158. The van der Waals surface area contributed by atoms with Crippen molar-refractivity contribution in [1.29, 1.82) is 0 Å². The highest BCUT2D eigenvalue weighted by molar-refractivity contribution is 6.06. The standard InChI is InChI=1S/C15H15N3O4/c1-10(2)17-9-12(8-16-17)14(19)5-3-11-4-6-15(20)13(7-11)18(21)22/h3-10,20H,1-2H3/b5-3+. The van der Waals surface area contributed by atoms with Gasteiger partial charge in [-0.05, 0) is 31.6 Å². The number of hydrogen-bond donors (Lipinski definition) is 1. The normalized spacial score (nSPS) is 11.2. The molecule has 0 amide bonds. The van der Waals surface area contributed by atoms with Crippen molar-refractivity contribution < 1.29 is 14.8 Å². The maximum atomic E-state index is 12.0. The van der Waals surface area contributed by atoms with Gasteiger partial charge in [0.25, 0.3) is 0 Å². The Morgan fingerprint density at radius 3 is 2.77 bits per heavy atom. The SMILES string of the molecule is CC(C)n1cc(C(=O)/C=C/c2ccc(O)c([N+](=O)[O-])c2)cn1. The van der Waals surface area contributed by atoms with Crippen molar-refractivity contribution in [3.63, 3.8) is 0 Å². The summed E-state index contributed by atoms with van der Waals surface area (Å²) >= 11 is 0. The molecule has 2 rings (SSSR count). The average molecular weight is 301 g/mol. The van der Waals surface area contributed by atoms with Crippen LogP contribution < -0.4 is 0 Å². The third kappa shape index (κ3) is 3.38. The summed E-state index contributed by atoms with van der Waals surface area (Å²) in [6.45, 7) is 3.90. The minimum atomic E-state index is -0.679. The fraction of sp³-hybridized carbons (Fsp3) is 0.200. The smallest absolute Gasteiger partial charge is 0.311 e. The minimum Gasteiger partial charge on any atom is -0.502 e. The number of nitro benzene ring substituents is 1. The molecule has 0 spiro atoms. The number of allylic oxidation sites excluding steroid dienone is 1. The lowest BCUT2D eigenvalue weighted by atomic mass is 10.1. The predicted octanol–water partition coefficient (Wildman–Crippen LogP) is 2.97. The second-order valence-corrected chi connectivity index (χ2v) is 5.01. The van der Waals surface area contributed by atoms with Crippen molar-refractivity contribution in [3.05, 3.63) is 57.9 Å². The van der Waals surface area contributed by atoms with E-state index in [-0.39, 0.29) is 11.8 Å². The number of phenolic OH excluding ortho intramolecular Hbond substituents is 1. The van der Waals surface area contributed by atoms with Crippen LogP contribution in [0.2, 0.25) is 0 Å². The molecule has 0 aliphatic rings. The maximum absolute atomic E-state index is 12.0. The molecule has 0 atom stereocenters. The molecule has 0 saturated heterocycles. The van der Waals surface area contributed by atoms with E-state index in [2.05, 4.69) is 5.10 Å². The summed E-state index contributed by atoms with van der Waals surface area (Å²) in [5.41, 5.74) is 0.495. The zero-order chi connectivity index (χ0) is 16.3. The lowest BCUT2D eigenvalue weighted by molar-refractivity contribution is -0.385. The Morgan fingerprint density at radius 2 is 2.18 bits per heavy atom. The van der Waals surface area contributed by atoms with Crippen molar-refractivity contribution in [2.24, 2.45) is 0 Å². The predicted molar refractivity (Wildman–Crippen MR) is 80.7 cm³/mol. The largest absolute Gasteiger partial charge is 0.502 e. The molecule has 0 aliphatic carbocycles. The number of carbonyl (C=O) groups excluding carboxylic acids is 1. The topological polar surface area (TPSA) is 98.3 Å². The van der Waals surface area contributed by atoms with Gasteiger partial charge in [0.05, 0.1) is 16.7 Å². The van der Waals surface area contributed by atoms with E-state index in [1.807, 2.05) is 13.8 Å². The number of carbonyl (C=O) groups is 1. The van der Waals surface area contributed by atoms with Crippen LogP contribution in [0.25, 0.3) is 6.08 Å². The van der Waals surface area contributed by atoms with E-state index in [1.54, 1.807) is 10.9 Å². The maximum Gasteiger partial charge on any atom is 0.311 e. The van der Waals surface area contributed by atoms with Crippen molar-refractivity contribution in [1.82, 2.24) is 9.78 Å². The Hall–Kier alpha value is -2.96. The first-order valence-corrected chi connectivity index (χ1v) is 6.62. The average Bonchev–Trinajstić information content (AvgIpc) is 2.95. The van der Waals surface area contributed by atoms with E-state index in [0.717, 1.165) is 0 Å². The van der Waals surface area contributed by atoms with Gasteiger partial charge in [0, 0.05) is 18.3 Å². The van der Waals surface area contributed by atoms with Crippen LogP contribution in [0.4, 0.5) is 5.69 Å². The van der Waals surface area contributed by atoms with E-state index < -0.39 is 16.4 Å². The molecule has 1 aromatic heterocycles. The van der Waals surface area contributed by atoms with Crippen molar-refractivity contribution in [3.8, 4) is 5.75 Å². The summed E-state index contributed by atoms with van der Waals surface area (Å²) in [4.78, 5) is 22.1. The summed E-state index contributed by atoms with van der Waals surface area (Å²) in [6, 6.07) is 4.07. The van der Waals surface area contributed by atoms with Gasteiger partial charge in [0.2, 0.25) is 0 Å². The molecule has 0 unspecified atom stereocenters. The molecule has 1 aromatic carbocycles. The van der Waals surface area contributed by atoms with Gasteiger partial charge in [-0.15, -0.1) is 0 Å². The molecule has 22 heavy (non-hydrogen) atoms. The Bertz CT molecular complexity index is 747.